The normalized spacial score (nSPS) is 51.4. The molecule has 0 aromatic heterocycles. The molecular weight excluding hydrogens is 360 g/mol. The number of aliphatic hydroxyl groups excluding tert-OH is 1. The van der Waals surface area contributed by atoms with Gasteiger partial charge in [0.1, 0.15) is 11.5 Å². The van der Waals surface area contributed by atoms with Crippen molar-refractivity contribution in [2.24, 2.45) is 34.0 Å². The number of esters is 1. The minimum absolute atomic E-state index is 0.0430. The zero-order valence-electron chi connectivity index (χ0n) is 16.9. The first-order chi connectivity index (χ1) is 13.2. The molecule has 5 rings (SSSR count). The molecule has 5 fully saturated rings. The lowest BCUT2D eigenvalue weighted by atomic mass is 9.43. The predicted molar refractivity (Wildman–Crippen MR) is 98.7 cm³/mol. The Labute approximate surface area is 165 Å². The number of ether oxygens (including phenoxy) is 3. The first kappa shape index (κ1) is 18.8. The lowest BCUT2D eigenvalue weighted by Gasteiger charge is -2.62. The topological polar surface area (TPSA) is 82.1 Å². The molecule has 0 amide bonds. The van der Waals surface area contributed by atoms with E-state index in [-0.39, 0.29) is 29.0 Å². The molecule has 3 saturated carbocycles. The number of hydrogen-bond acceptors (Lipinski definition) is 6. The van der Waals surface area contributed by atoms with Crippen LogP contribution in [0.15, 0.2) is 12.2 Å². The van der Waals surface area contributed by atoms with Crippen molar-refractivity contribution < 1.29 is 28.9 Å². The fourth-order valence-corrected chi connectivity index (χ4v) is 7.60. The van der Waals surface area contributed by atoms with E-state index >= 15 is 0 Å². The van der Waals surface area contributed by atoms with Crippen molar-refractivity contribution in [3.63, 3.8) is 0 Å². The molecule has 2 heterocycles. The van der Waals surface area contributed by atoms with E-state index in [9.17, 15) is 14.7 Å². The van der Waals surface area contributed by atoms with E-state index in [2.05, 4.69) is 20.4 Å². The minimum Gasteiger partial charge on any atom is -0.461 e. The van der Waals surface area contributed by atoms with Gasteiger partial charge in [-0.15, -0.1) is 0 Å². The first-order valence-corrected chi connectivity index (χ1v) is 10.6. The highest BCUT2D eigenvalue weighted by Crippen LogP contribution is 2.72. The van der Waals surface area contributed by atoms with Gasteiger partial charge in [-0.1, -0.05) is 20.4 Å². The zero-order chi connectivity index (χ0) is 20.1. The van der Waals surface area contributed by atoms with E-state index < -0.39 is 35.5 Å². The van der Waals surface area contributed by atoms with Crippen LogP contribution in [0.4, 0.5) is 0 Å². The maximum Gasteiger partial charge on any atom is 0.320 e. The maximum absolute atomic E-state index is 13.3. The molecule has 2 unspecified atom stereocenters. The highest BCUT2D eigenvalue weighted by Gasteiger charge is 2.80. The van der Waals surface area contributed by atoms with Gasteiger partial charge in [0.15, 0.2) is 18.4 Å². The molecule has 2 bridgehead atoms. The van der Waals surface area contributed by atoms with Crippen LogP contribution in [-0.4, -0.2) is 42.1 Å². The number of hydrogen-bond donors (Lipinski definition) is 1. The molecule has 5 aliphatic rings. The highest BCUT2D eigenvalue weighted by molar-refractivity contribution is 6.15. The summed E-state index contributed by atoms with van der Waals surface area (Å²) in [7, 11) is 0. The molecule has 2 aliphatic heterocycles. The first-order valence-electron chi connectivity index (χ1n) is 10.6. The third kappa shape index (κ3) is 1.90. The van der Waals surface area contributed by atoms with E-state index in [1.165, 1.54) is 0 Å². The second kappa shape index (κ2) is 5.67. The van der Waals surface area contributed by atoms with Crippen LogP contribution < -0.4 is 0 Å². The van der Waals surface area contributed by atoms with Crippen LogP contribution in [0, 0.1) is 34.0 Å². The molecule has 0 aromatic rings. The number of fused-ring (bicyclic) bond motifs is 1. The quantitative estimate of drug-likeness (QED) is 0.443. The number of Topliss-reactive ketones (excluding diaryl/α,β-unsaturated/α-hetero) is 1. The average molecular weight is 390 g/mol. The number of allylic oxidation sites excluding steroid dienone is 1. The molecule has 6 heteroatoms. The predicted octanol–water partition coefficient (Wildman–Crippen LogP) is 2.59. The third-order valence-corrected chi connectivity index (χ3v) is 8.66. The monoisotopic (exact) mass is 390 g/mol. The van der Waals surface area contributed by atoms with Crippen molar-refractivity contribution in [1.29, 1.82) is 0 Å². The van der Waals surface area contributed by atoms with Gasteiger partial charge < -0.3 is 19.3 Å². The molecule has 2 spiro atoms. The summed E-state index contributed by atoms with van der Waals surface area (Å²) in [6.07, 6.45) is 1.36. The largest absolute Gasteiger partial charge is 0.461 e. The summed E-state index contributed by atoms with van der Waals surface area (Å²) in [5.41, 5.74) is -1.65. The third-order valence-electron chi connectivity index (χ3n) is 8.66. The second-order valence-corrected chi connectivity index (χ2v) is 10.1. The van der Waals surface area contributed by atoms with E-state index in [1.54, 1.807) is 0 Å². The number of rotatable bonds is 2. The van der Waals surface area contributed by atoms with E-state index in [1.807, 2.05) is 6.92 Å². The van der Waals surface area contributed by atoms with Crippen molar-refractivity contribution in [3.05, 3.63) is 12.2 Å². The van der Waals surface area contributed by atoms with E-state index in [0.717, 1.165) is 12.8 Å². The Morgan fingerprint density at radius 3 is 2.71 bits per heavy atom. The van der Waals surface area contributed by atoms with Gasteiger partial charge >= 0.3 is 5.97 Å². The number of carbonyl (C=O) groups excluding carboxylic acids is 2. The van der Waals surface area contributed by atoms with Gasteiger partial charge in [-0.2, -0.15) is 0 Å². The Hall–Kier alpha value is -1.24. The lowest BCUT2D eigenvalue weighted by molar-refractivity contribution is -0.268. The van der Waals surface area contributed by atoms with Crippen LogP contribution in [0.2, 0.25) is 0 Å². The summed E-state index contributed by atoms with van der Waals surface area (Å²) >= 11 is 0. The van der Waals surface area contributed by atoms with E-state index in [0.29, 0.717) is 31.4 Å². The number of aliphatic hydroxyl groups is 1. The van der Waals surface area contributed by atoms with Crippen LogP contribution in [-0.2, 0) is 23.8 Å². The van der Waals surface area contributed by atoms with Crippen LogP contribution in [0.25, 0.3) is 0 Å². The van der Waals surface area contributed by atoms with Gasteiger partial charge in [0.05, 0.1) is 5.41 Å². The molecule has 0 radical (unpaired) electrons. The van der Waals surface area contributed by atoms with Crippen LogP contribution in [0.3, 0.4) is 0 Å². The summed E-state index contributed by atoms with van der Waals surface area (Å²) in [6, 6.07) is 0. The zero-order valence-corrected chi connectivity index (χ0v) is 16.9. The van der Waals surface area contributed by atoms with Crippen molar-refractivity contribution in [2.75, 3.05) is 6.61 Å². The second-order valence-electron chi connectivity index (χ2n) is 10.1. The molecule has 3 aliphatic carbocycles. The summed E-state index contributed by atoms with van der Waals surface area (Å²) in [6.45, 7) is 10.7. The van der Waals surface area contributed by atoms with Gasteiger partial charge in [0.25, 0.3) is 0 Å². The maximum atomic E-state index is 13.3. The molecule has 2 saturated heterocycles. The van der Waals surface area contributed by atoms with Crippen LogP contribution in [0.5, 0.6) is 0 Å². The standard InChI is InChI=1S/C22H30O6/c1-5-26-17-15-20(3,4)9-8-14-22(15,19(25)28-17)13-7-6-12-10-21(13,18(24)27-14)16(23)11(12)2/h12-15,17,19,25H,2,5-10H2,1,3-4H3/t12-,13-,14+,15-,17-,19?,21+,22?/m1/s1. The van der Waals surface area contributed by atoms with Crippen molar-refractivity contribution in [3.8, 4) is 0 Å². The Morgan fingerprint density at radius 1 is 1.25 bits per heavy atom. The lowest BCUT2D eigenvalue weighted by Crippen LogP contribution is -2.70. The summed E-state index contributed by atoms with van der Waals surface area (Å²) in [5.74, 6) is -0.998. The van der Waals surface area contributed by atoms with Crippen molar-refractivity contribution in [1.82, 2.24) is 0 Å². The van der Waals surface area contributed by atoms with Crippen molar-refractivity contribution in [2.45, 2.75) is 71.6 Å². The van der Waals surface area contributed by atoms with Gasteiger partial charge in [-0.05, 0) is 61.9 Å². The molecule has 8 atom stereocenters. The van der Waals surface area contributed by atoms with E-state index in [4.69, 9.17) is 14.2 Å². The molecular formula is C22H30O6. The molecule has 154 valence electrons. The summed E-state index contributed by atoms with van der Waals surface area (Å²) in [5, 5.41) is 11.3. The molecule has 28 heavy (non-hydrogen) atoms. The van der Waals surface area contributed by atoms with Gasteiger partial charge in [0.2, 0.25) is 0 Å². The molecule has 6 nitrogen and oxygen atoms in total. The number of ketones is 1. The smallest absolute Gasteiger partial charge is 0.320 e. The summed E-state index contributed by atoms with van der Waals surface area (Å²) in [4.78, 5) is 26.6. The SMILES string of the molecule is C=C1C(=O)[C@]23C[C@H]1CC[C@H]2C12C(O)O[C@@H](OCC)[C@@H]1C(C)(C)CC[C@@H]2OC3=O. The summed E-state index contributed by atoms with van der Waals surface area (Å²) < 4.78 is 17.9. The Bertz CT molecular complexity index is 758. The average Bonchev–Trinajstić information content (AvgIpc) is 3.04. The van der Waals surface area contributed by atoms with Gasteiger partial charge in [0, 0.05) is 12.5 Å². The van der Waals surface area contributed by atoms with Crippen LogP contribution >= 0.6 is 0 Å². The van der Waals surface area contributed by atoms with Crippen molar-refractivity contribution >= 4 is 11.8 Å². The fourth-order valence-electron chi connectivity index (χ4n) is 7.60. The van der Waals surface area contributed by atoms with Gasteiger partial charge in [-0.3, -0.25) is 9.59 Å². The fraction of sp³-hybridized carbons (Fsp3) is 0.818. The molecule has 0 aromatic carbocycles. The highest BCUT2D eigenvalue weighted by atomic mass is 16.7. The Kier molecular flexibility index (Phi) is 3.80. The van der Waals surface area contributed by atoms with Crippen LogP contribution in [0.1, 0.15) is 52.9 Å². The van der Waals surface area contributed by atoms with Gasteiger partial charge in [-0.25, -0.2) is 0 Å². The Balaban J connectivity index is 1.72. The minimum atomic E-state index is -1.21. The number of carbonyl (C=O) groups is 2. The molecule has 1 N–H and O–H groups in total. The Morgan fingerprint density at radius 2 is 2.00 bits per heavy atom.